The molecule has 1 heterocycles. The highest BCUT2D eigenvalue weighted by Crippen LogP contribution is 2.39. The molecule has 0 aromatic rings. The Morgan fingerprint density at radius 1 is 1.73 bits per heavy atom. The Hall–Kier alpha value is -0.770. The lowest BCUT2D eigenvalue weighted by molar-refractivity contribution is -0.106. The molecule has 0 atom stereocenters. The van der Waals surface area contributed by atoms with Crippen LogP contribution >= 0.6 is 0 Å². The summed E-state index contributed by atoms with van der Waals surface area (Å²) in [6.45, 7) is 0.645. The molecule has 0 bridgehead atoms. The summed E-state index contributed by atoms with van der Waals surface area (Å²) in [5.74, 6) is 0. The molecule has 2 fully saturated rings. The van der Waals surface area contributed by atoms with E-state index >= 15 is 0 Å². The van der Waals surface area contributed by atoms with Crippen molar-refractivity contribution in [1.29, 1.82) is 0 Å². The Labute approximate surface area is 64.9 Å². The monoisotopic (exact) mass is 157 g/mol. The number of carbonyl (C=O) groups excluding carboxylic acids is 1. The number of rotatable bonds is 1. The molecule has 11 heavy (non-hydrogen) atoms. The van der Waals surface area contributed by atoms with E-state index < -0.39 is 0 Å². The molecule has 1 aliphatic carbocycles. The summed E-state index contributed by atoms with van der Waals surface area (Å²) < 4.78 is 10.2. The Morgan fingerprint density at radius 2 is 2.45 bits per heavy atom. The lowest BCUT2D eigenvalue weighted by Crippen LogP contribution is -2.50. The van der Waals surface area contributed by atoms with E-state index in [0.29, 0.717) is 6.54 Å². The topological polar surface area (TPSA) is 47.6 Å². The van der Waals surface area contributed by atoms with Crippen LogP contribution in [0.15, 0.2) is 0 Å². The Kier molecular flexibility index (Phi) is 1.32. The highest BCUT2D eigenvalue weighted by atomic mass is 16.6. The third-order valence-corrected chi connectivity index (χ3v) is 2.40. The van der Waals surface area contributed by atoms with Crippen LogP contribution in [0.3, 0.4) is 0 Å². The Balaban J connectivity index is 1.92. The van der Waals surface area contributed by atoms with Gasteiger partial charge in [0.05, 0.1) is 12.6 Å². The molecule has 1 N–H and O–H groups in total. The van der Waals surface area contributed by atoms with Crippen molar-refractivity contribution in [3.63, 3.8) is 0 Å². The summed E-state index contributed by atoms with van der Waals surface area (Å²) in [6, 6.07) is 0. The average Bonchev–Trinajstić information content (AvgIpc) is 2.28. The van der Waals surface area contributed by atoms with Crippen molar-refractivity contribution < 1.29 is 14.3 Å². The van der Waals surface area contributed by atoms with E-state index in [1.54, 1.807) is 7.11 Å². The Morgan fingerprint density at radius 3 is 2.91 bits per heavy atom. The minimum atomic E-state index is -0.292. The van der Waals surface area contributed by atoms with E-state index in [-0.39, 0.29) is 17.8 Å². The zero-order valence-electron chi connectivity index (χ0n) is 6.42. The number of hydrogen-bond acceptors (Lipinski definition) is 3. The van der Waals surface area contributed by atoms with Gasteiger partial charge in [0.2, 0.25) is 0 Å². The summed E-state index contributed by atoms with van der Waals surface area (Å²) in [4.78, 5) is 10.7. The number of alkyl carbamates (subject to hydrolysis) is 1. The number of amides is 1. The van der Waals surface area contributed by atoms with Crippen molar-refractivity contribution in [3.8, 4) is 0 Å². The fourth-order valence-electron chi connectivity index (χ4n) is 1.67. The first-order valence-electron chi connectivity index (χ1n) is 3.74. The van der Waals surface area contributed by atoms with Crippen molar-refractivity contribution in [2.45, 2.75) is 24.5 Å². The maximum absolute atomic E-state index is 10.7. The smallest absolute Gasteiger partial charge is 0.407 e. The lowest BCUT2D eigenvalue weighted by Gasteiger charge is -2.41. The minimum Gasteiger partial charge on any atom is -0.441 e. The number of hydrogen-bond donors (Lipinski definition) is 1. The molecule has 0 aromatic heterocycles. The van der Waals surface area contributed by atoms with Crippen LogP contribution < -0.4 is 5.32 Å². The van der Waals surface area contributed by atoms with Gasteiger partial charge in [-0.05, 0) is 0 Å². The van der Waals surface area contributed by atoms with Crippen molar-refractivity contribution in [3.05, 3.63) is 0 Å². The third-order valence-electron chi connectivity index (χ3n) is 2.40. The maximum Gasteiger partial charge on any atom is 0.407 e. The molecule has 0 radical (unpaired) electrons. The number of methoxy groups -OCH3 is 1. The van der Waals surface area contributed by atoms with Crippen LogP contribution in [-0.4, -0.2) is 31.5 Å². The number of carbonyl (C=O) groups is 1. The second kappa shape index (κ2) is 2.11. The summed E-state index contributed by atoms with van der Waals surface area (Å²) in [7, 11) is 1.68. The molecule has 62 valence electrons. The van der Waals surface area contributed by atoms with Gasteiger partial charge in [-0.15, -0.1) is 0 Å². The highest BCUT2D eigenvalue weighted by molar-refractivity contribution is 5.70. The molecule has 0 unspecified atom stereocenters. The highest BCUT2D eigenvalue weighted by Gasteiger charge is 2.51. The summed E-state index contributed by atoms with van der Waals surface area (Å²) in [5.41, 5.74) is -0.224. The van der Waals surface area contributed by atoms with Gasteiger partial charge in [0.1, 0.15) is 5.60 Å². The fraction of sp³-hybridized carbons (Fsp3) is 0.857. The largest absolute Gasteiger partial charge is 0.441 e. The van der Waals surface area contributed by atoms with Crippen LogP contribution in [0.5, 0.6) is 0 Å². The lowest BCUT2D eigenvalue weighted by atomic mass is 9.77. The van der Waals surface area contributed by atoms with E-state index in [4.69, 9.17) is 9.47 Å². The van der Waals surface area contributed by atoms with E-state index in [1.165, 1.54) is 0 Å². The second-order valence-electron chi connectivity index (χ2n) is 3.19. The van der Waals surface area contributed by atoms with Gasteiger partial charge in [0.25, 0.3) is 0 Å². The van der Waals surface area contributed by atoms with Crippen molar-refractivity contribution in [2.24, 2.45) is 0 Å². The zero-order chi connectivity index (χ0) is 7.90. The van der Waals surface area contributed by atoms with Crippen molar-refractivity contribution in [1.82, 2.24) is 5.32 Å². The molecule has 2 rings (SSSR count). The van der Waals surface area contributed by atoms with Gasteiger partial charge in [0, 0.05) is 20.0 Å². The molecular weight excluding hydrogens is 146 g/mol. The molecule has 1 spiro atoms. The van der Waals surface area contributed by atoms with Crippen molar-refractivity contribution >= 4 is 6.09 Å². The first-order valence-corrected chi connectivity index (χ1v) is 3.74. The SMILES string of the molecule is COC1CC2(CNC(=O)O2)C1. The van der Waals surface area contributed by atoms with Crippen LogP contribution in [0.1, 0.15) is 12.8 Å². The first kappa shape index (κ1) is 6.91. The average molecular weight is 157 g/mol. The van der Waals surface area contributed by atoms with Gasteiger partial charge in [-0.2, -0.15) is 0 Å². The van der Waals surface area contributed by atoms with Gasteiger partial charge < -0.3 is 14.8 Å². The van der Waals surface area contributed by atoms with Gasteiger partial charge in [0.15, 0.2) is 0 Å². The summed E-state index contributed by atoms with van der Waals surface area (Å²) in [5, 5.41) is 2.64. The normalized spacial score (nSPS) is 41.5. The predicted molar refractivity (Wildman–Crippen MR) is 37.2 cm³/mol. The first-order chi connectivity index (χ1) is 5.24. The maximum atomic E-state index is 10.7. The standard InChI is InChI=1S/C7H11NO3/c1-10-5-2-7(3-5)4-8-6(9)11-7/h5H,2-4H2,1H3,(H,8,9). The summed E-state index contributed by atoms with van der Waals surface area (Å²) in [6.07, 6.45) is 1.66. The van der Waals surface area contributed by atoms with E-state index in [1.807, 2.05) is 0 Å². The molecule has 4 nitrogen and oxygen atoms in total. The van der Waals surface area contributed by atoms with Crippen LogP contribution in [-0.2, 0) is 9.47 Å². The molecule has 0 aromatic carbocycles. The Bertz CT molecular complexity index is 186. The van der Waals surface area contributed by atoms with Crippen LogP contribution in [0.25, 0.3) is 0 Å². The van der Waals surface area contributed by atoms with E-state index in [2.05, 4.69) is 5.32 Å². The van der Waals surface area contributed by atoms with Crippen LogP contribution in [0.4, 0.5) is 4.79 Å². The number of ether oxygens (including phenoxy) is 2. The summed E-state index contributed by atoms with van der Waals surface area (Å²) >= 11 is 0. The predicted octanol–water partition coefficient (Wildman–Crippen LogP) is 0.274. The van der Waals surface area contributed by atoms with E-state index in [9.17, 15) is 4.79 Å². The molecular formula is C7H11NO3. The van der Waals surface area contributed by atoms with Gasteiger partial charge >= 0.3 is 6.09 Å². The van der Waals surface area contributed by atoms with Gasteiger partial charge in [-0.3, -0.25) is 0 Å². The second-order valence-corrected chi connectivity index (χ2v) is 3.19. The van der Waals surface area contributed by atoms with E-state index in [0.717, 1.165) is 12.8 Å². The van der Waals surface area contributed by atoms with Crippen LogP contribution in [0, 0.1) is 0 Å². The van der Waals surface area contributed by atoms with Gasteiger partial charge in [-0.25, -0.2) is 4.79 Å². The quantitative estimate of drug-likeness (QED) is 0.594. The van der Waals surface area contributed by atoms with Gasteiger partial charge in [-0.1, -0.05) is 0 Å². The molecule has 1 saturated heterocycles. The molecule has 2 aliphatic rings. The minimum absolute atomic E-state index is 0.224. The fourth-order valence-corrected chi connectivity index (χ4v) is 1.67. The molecule has 1 amide bonds. The zero-order valence-corrected chi connectivity index (χ0v) is 6.42. The van der Waals surface area contributed by atoms with Crippen molar-refractivity contribution in [2.75, 3.05) is 13.7 Å². The third kappa shape index (κ3) is 0.976. The molecule has 1 saturated carbocycles. The number of nitrogens with one attached hydrogen (secondary N) is 1. The molecule has 1 aliphatic heterocycles. The van der Waals surface area contributed by atoms with Crippen LogP contribution in [0.2, 0.25) is 0 Å². The molecule has 4 heteroatoms.